The molecule has 0 fully saturated rings. The van der Waals surface area contributed by atoms with Crippen LogP contribution in [0.1, 0.15) is 31.7 Å². The maximum Gasteiger partial charge on any atom is 0.276 e. The molecule has 0 spiro atoms. The van der Waals surface area contributed by atoms with Gasteiger partial charge in [0.05, 0.1) is 0 Å². The summed E-state index contributed by atoms with van der Waals surface area (Å²) in [7, 11) is 0. The second-order valence-corrected chi connectivity index (χ2v) is 5.15. The van der Waals surface area contributed by atoms with Crippen molar-refractivity contribution >= 4 is 23.2 Å². The van der Waals surface area contributed by atoms with Gasteiger partial charge in [0.2, 0.25) is 0 Å². The van der Waals surface area contributed by atoms with E-state index in [4.69, 9.17) is 17.0 Å². The van der Waals surface area contributed by atoms with Crippen molar-refractivity contribution in [1.29, 1.82) is 0 Å². The van der Waals surface area contributed by atoms with Gasteiger partial charge in [-0.2, -0.15) is 0 Å². The Bertz CT molecular complexity index is 466. The molecule has 5 nitrogen and oxygen atoms in total. The van der Waals surface area contributed by atoms with E-state index in [0.29, 0.717) is 10.9 Å². The summed E-state index contributed by atoms with van der Waals surface area (Å²) >= 11 is 5.04. The van der Waals surface area contributed by atoms with Gasteiger partial charge in [-0.15, -0.1) is 0 Å². The van der Waals surface area contributed by atoms with Gasteiger partial charge < -0.3 is 10.1 Å². The Morgan fingerprint density at radius 1 is 1.29 bits per heavy atom. The van der Waals surface area contributed by atoms with E-state index in [1.54, 1.807) is 0 Å². The van der Waals surface area contributed by atoms with Crippen LogP contribution in [0.5, 0.6) is 5.75 Å². The first kappa shape index (κ1) is 17.2. The molecule has 0 radical (unpaired) electrons. The van der Waals surface area contributed by atoms with Crippen molar-refractivity contribution in [2.75, 3.05) is 13.2 Å². The van der Waals surface area contributed by atoms with Gasteiger partial charge in [-0.25, -0.2) is 0 Å². The minimum Gasteiger partial charge on any atom is -0.484 e. The van der Waals surface area contributed by atoms with Crippen LogP contribution in [-0.4, -0.2) is 24.2 Å². The summed E-state index contributed by atoms with van der Waals surface area (Å²) in [6.45, 7) is 4.85. The summed E-state index contributed by atoms with van der Waals surface area (Å²) in [5.41, 5.74) is 6.22. The quantitative estimate of drug-likeness (QED) is 0.409. The highest BCUT2D eigenvalue weighted by molar-refractivity contribution is 7.80. The van der Waals surface area contributed by atoms with E-state index >= 15 is 0 Å². The fourth-order valence-corrected chi connectivity index (χ4v) is 1.79. The fraction of sp³-hybridized carbons (Fsp3) is 0.467. The van der Waals surface area contributed by atoms with Crippen molar-refractivity contribution in [3.63, 3.8) is 0 Å². The standard InChI is InChI=1S/C15H23N3O2S/c1-3-4-5-9-16-15(21)18-17-14(19)11-20-13-8-6-7-12(2)10-13/h6-8,10H,3-5,9,11H2,1-2H3,(H,17,19)(H2,16,18,21). The van der Waals surface area contributed by atoms with Gasteiger partial charge in [0.1, 0.15) is 5.75 Å². The largest absolute Gasteiger partial charge is 0.484 e. The smallest absolute Gasteiger partial charge is 0.276 e. The number of unbranched alkanes of at least 4 members (excludes halogenated alkanes) is 2. The monoisotopic (exact) mass is 309 g/mol. The highest BCUT2D eigenvalue weighted by Gasteiger charge is 2.03. The number of ether oxygens (including phenoxy) is 1. The minimum atomic E-state index is -0.283. The van der Waals surface area contributed by atoms with Crippen molar-refractivity contribution in [3.05, 3.63) is 29.8 Å². The van der Waals surface area contributed by atoms with E-state index in [9.17, 15) is 4.79 Å². The molecule has 0 aromatic heterocycles. The minimum absolute atomic E-state index is 0.0606. The van der Waals surface area contributed by atoms with Crippen LogP contribution in [-0.2, 0) is 4.79 Å². The molecule has 0 aliphatic heterocycles. The van der Waals surface area contributed by atoms with Gasteiger partial charge >= 0.3 is 0 Å². The maximum absolute atomic E-state index is 11.6. The van der Waals surface area contributed by atoms with E-state index in [2.05, 4.69) is 23.1 Å². The number of rotatable bonds is 7. The average Bonchev–Trinajstić information content (AvgIpc) is 2.47. The number of nitrogens with one attached hydrogen (secondary N) is 3. The number of amides is 1. The van der Waals surface area contributed by atoms with Gasteiger partial charge in [-0.1, -0.05) is 31.9 Å². The zero-order valence-electron chi connectivity index (χ0n) is 12.6. The molecule has 1 amide bonds. The van der Waals surface area contributed by atoms with E-state index in [1.807, 2.05) is 31.2 Å². The molecule has 0 bridgehead atoms. The lowest BCUT2D eigenvalue weighted by Gasteiger charge is -2.12. The van der Waals surface area contributed by atoms with Crippen molar-refractivity contribution in [3.8, 4) is 5.75 Å². The highest BCUT2D eigenvalue weighted by Crippen LogP contribution is 2.11. The summed E-state index contributed by atoms with van der Waals surface area (Å²) in [6.07, 6.45) is 3.38. The lowest BCUT2D eigenvalue weighted by Crippen LogP contribution is -2.48. The van der Waals surface area contributed by atoms with Crippen LogP contribution in [0.25, 0.3) is 0 Å². The second-order valence-electron chi connectivity index (χ2n) is 4.74. The second kappa shape index (κ2) is 9.99. The maximum atomic E-state index is 11.6. The molecule has 21 heavy (non-hydrogen) atoms. The molecule has 0 saturated carbocycles. The molecular weight excluding hydrogens is 286 g/mol. The van der Waals surface area contributed by atoms with Crippen molar-refractivity contribution in [2.24, 2.45) is 0 Å². The molecule has 1 rings (SSSR count). The Kier molecular flexibility index (Phi) is 8.19. The number of thiocarbonyl (C=S) groups is 1. The normalized spacial score (nSPS) is 9.81. The topological polar surface area (TPSA) is 62.4 Å². The third-order valence-electron chi connectivity index (χ3n) is 2.74. The summed E-state index contributed by atoms with van der Waals surface area (Å²) in [5.74, 6) is 0.389. The molecule has 0 atom stereocenters. The number of benzene rings is 1. The van der Waals surface area contributed by atoms with Gasteiger partial charge in [0, 0.05) is 6.54 Å². The number of carbonyl (C=O) groups is 1. The van der Waals surface area contributed by atoms with Crippen LogP contribution in [0.3, 0.4) is 0 Å². The Morgan fingerprint density at radius 3 is 2.81 bits per heavy atom. The van der Waals surface area contributed by atoms with E-state index in [-0.39, 0.29) is 12.5 Å². The first-order chi connectivity index (χ1) is 10.1. The Hall–Kier alpha value is -1.82. The van der Waals surface area contributed by atoms with Gasteiger partial charge in [0.25, 0.3) is 5.91 Å². The lowest BCUT2D eigenvalue weighted by molar-refractivity contribution is -0.123. The zero-order valence-corrected chi connectivity index (χ0v) is 13.4. The molecule has 0 aliphatic carbocycles. The van der Waals surface area contributed by atoms with Crippen LogP contribution < -0.4 is 20.9 Å². The van der Waals surface area contributed by atoms with E-state index in [1.165, 1.54) is 0 Å². The molecule has 6 heteroatoms. The van der Waals surface area contributed by atoms with Crippen LogP contribution in [0.4, 0.5) is 0 Å². The number of carbonyl (C=O) groups excluding carboxylic acids is 1. The fourth-order valence-electron chi connectivity index (χ4n) is 1.64. The van der Waals surface area contributed by atoms with Crippen LogP contribution in [0, 0.1) is 6.92 Å². The number of hydrogen-bond donors (Lipinski definition) is 3. The molecule has 0 aliphatic rings. The SMILES string of the molecule is CCCCCNC(=S)NNC(=O)COc1cccc(C)c1. The molecule has 116 valence electrons. The van der Waals surface area contributed by atoms with Gasteiger partial charge in [0.15, 0.2) is 11.7 Å². The molecule has 1 aromatic rings. The lowest BCUT2D eigenvalue weighted by atomic mass is 10.2. The van der Waals surface area contributed by atoms with Crippen LogP contribution in [0.15, 0.2) is 24.3 Å². The van der Waals surface area contributed by atoms with Crippen LogP contribution >= 0.6 is 12.2 Å². The van der Waals surface area contributed by atoms with E-state index < -0.39 is 0 Å². The van der Waals surface area contributed by atoms with Crippen LogP contribution in [0.2, 0.25) is 0 Å². The summed E-state index contributed by atoms with van der Waals surface area (Å²) < 4.78 is 5.38. The van der Waals surface area contributed by atoms with Crippen molar-refractivity contribution in [1.82, 2.24) is 16.2 Å². The van der Waals surface area contributed by atoms with E-state index in [0.717, 1.165) is 31.4 Å². The highest BCUT2D eigenvalue weighted by atomic mass is 32.1. The van der Waals surface area contributed by atoms with Gasteiger partial charge in [-0.3, -0.25) is 15.6 Å². The number of hydrogen-bond acceptors (Lipinski definition) is 3. The van der Waals surface area contributed by atoms with Crippen molar-refractivity contribution in [2.45, 2.75) is 33.1 Å². The Balaban J connectivity index is 2.15. The summed E-state index contributed by atoms with van der Waals surface area (Å²) in [5, 5.41) is 3.43. The zero-order chi connectivity index (χ0) is 15.5. The first-order valence-corrected chi connectivity index (χ1v) is 7.54. The summed E-state index contributed by atoms with van der Waals surface area (Å²) in [4.78, 5) is 11.6. The molecule has 0 unspecified atom stereocenters. The Morgan fingerprint density at radius 2 is 2.10 bits per heavy atom. The molecular formula is C15H23N3O2S. The molecule has 0 saturated heterocycles. The number of aryl methyl sites for hydroxylation is 1. The first-order valence-electron chi connectivity index (χ1n) is 7.14. The summed E-state index contributed by atoms with van der Waals surface area (Å²) in [6, 6.07) is 7.54. The third-order valence-corrected chi connectivity index (χ3v) is 2.99. The van der Waals surface area contributed by atoms with Gasteiger partial charge in [-0.05, 0) is 43.3 Å². The predicted octanol–water partition coefficient (Wildman–Crippen LogP) is 2.06. The van der Waals surface area contributed by atoms with Crippen molar-refractivity contribution < 1.29 is 9.53 Å². The Labute approximate surface area is 131 Å². The predicted molar refractivity (Wildman–Crippen MR) is 88.1 cm³/mol. The molecule has 1 aromatic carbocycles. The average molecular weight is 309 g/mol. The molecule has 3 N–H and O–H groups in total. The molecule has 0 heterocycles. The number of hydrazine groups is 1. The third kappa shape index (κ3) is 8.14.